The number of carbonyl (C=O) groups excluding carboxylic acids is 2. The molecule has 0 radical (unpaired) electrons. The standard InChI is InChI=1S/C19H17NO4S2/c1-23-17(21)15(18(22)24-2)19(14-11-7-4-8-12-14)25-16(20-26-19)13-9-5-3-6-10-13/h3-12,15H,1-2H3. The smallest absolute Gasteiger partial charge is 0.322 e. The van der Waals surface area contributed by atoms with E-state index in [-0.39, 0.29) is 0 Å². The number of esters is 2. The fourth-order valence-corrected chi connectivity index (χ4v) is 5.41. The highest BCUT2D eigenvalue weighted by Gasteiger charge is 2.55. The maximum absolute atomic E-state index is 12.5. The van der Waals surface area contributed by atoms with E-state index >= 15 is 0 Å². The molecular formula is C19H17NO4S2. The highest BCUT2D eigenvalue weighted by atomic mass is 32.2. The zero-order chi connectivity index (χ0) is 18.6. The van der Waals surface area contributed by atoms with E-state index in [0.29, 0.717) is 0 Å². The van der Waals surface area contributed by atoms with Gasteiger partial charge in [-0.2, -0.15) is 0 Å². The Hall–Kier alpha value is -2.25. The van der Waals surface area contributed by atoms with Gasteiger partial charge >= 0.3 is 11.9 Å². The lowest BCUT2D eigenvalue weighted by Gasteiger charge is -2.31. The van der Waals surface area contributed by atoms with Gasteiger partial charge in [0.05, 0.1) is 14.2 Å². The monoisotopic (exact) mass is 387 g/mol. The summed E-state index contributed by atoms with van der Waals surface area (Å²) in [6.45, 7) is 0. The molecule has 0 saturated carbocycles. The molecule has 0 aliphatic carbocycles. The molecule has 0 aromatic heterocycles. The minimum absolute atomic E-state index is 0.648. The number of thioether (sulfide) groups is 1. The van der Waals surface area contributed by atoms with Crippen molar-refractivity contribution in [1.29, 1.82) is 0 Å². The lowest BCUT2D eigenvalue weighted by molar-refractivity contribution is -0.159. The molecule has 2 aromatic rings. The van der Waals surface area contributed by atoms with E-state index in [4.69, 9.17) is 9.47 Å². The Labute approximate surface area is 160 Å². The van der Waals surface area contributed by atoms with Gasteiger partial charge in [0.15, 0.2) is 5.92 Å². The van der Waals surface area contributed by atoms with Crippen molar-refractivity contribution in [2.24, 2.45) is 10.3 Å². The number of benzene rings is 2. The highest BCUT2D eigenvalue weighted by molar-refractivity contribution is 8.28. The van der Waals surface area contributed by atoms with E-state index < -0.39 is 21.9 Å². The second-order valence-electron chi connectivity index (χ2n) is 5.47. The topological polar surface area (TPSA) is 65.0 Å². The van der Waals surface area contributed by atoms with Crippen molar-refractivity contribution >= 4 is 40.7 Å². The van der Waals surface area contributed by atoms with Gasteiger partial charge in [-0.05, 0) is 17.5 Å². The highest BCUT2D eigenvalue weighted by Crippen LogP contribution is 2.59. The third-order valence-corrected chi connectivity index (χ3v) is 6.86. The first kappa shape index (κ1) is 18.5. The van der Waals surface area contributed by atoms with Gasteiger partial charge in [-0.25, -0.2) is 4.40 Å². The predicted molar refractivity (Wildman–Crippen MR) is 104 cm³/mol. The van der Waals surface area contributed by atoms with E-state index in [2.05, 4.69) is 4.40 Å². The van der Waals surface area contributed by atoms with Gasteiger partial charge in [0.2, 0.25) is 0 Å². The van der Waals surface area contributed by atoms with Crippen LogP contribution in [0, 0.1) is 5.92 Å². The first-order valence-corrected chi connectivity index (χ1v) is 9.43. The van der Waals surface area contributed by atoms with E-state index in [1.165, 1.54) is 37.9 Å². The van der Waals surface area contributed by atoms with Crippen LogP contribution in [0.3, 0.4) is 0 Å². The van der Waals surface area contributed by atoms with Gasteiger partial charge in [-0.15, -0.1) is 0 Å². The summed E-state index contributed by atoms with van der Waals surface area (Å²) in [5, 5.41) is 0.747. The summed E-state index contributed by atoms with van der Waals surface area (Å²) >= 11 is 2.56. The zero-order valence-electron chi connectivity index (χ0n) is 14.2. The van der Waals surface area contributed by atoms with Crippen LogP contribution in [0.2, 0.25) is 0 Å². The van der Waals surface area contributed by atoms with Crippen molar-refractivity contribution in [1.82, 2.24) is 0 Å². The number of ether oxygens (including phenoxy) is 2. The van der Waals surface area contributed by atoms with E-state index in [0.717, 1.165) is 16.2 Å². The molecule has 26 heavy (non-hydrogen) atoms. The second kappa shape index (κ2) is 7.97. The summed E-state index contributed by atoms with van der Waals surface area (Å²) in [5.74, 6) is -2.45. The van der Waals surface area contributed by atoms with Crippen LogP contribution in [0.1, 0.15) is 11.1 Å². The van der Waals surface area contributed by atoms with Gasteiger partial charge in [0, 0.05) is 5.56 Å². The average Bonchev–Trinajstić information content (AvgIpc) is 3.15. The van der Waals surface area contributed by atoms with Crippen molar-refractivity contribution in [2.45, 2.75) is 4.08 Å². The van der Waals surface area contributed by atoms with Crippen LogP contribution in [0.4, 0.5) is 0 Å². The third kappa shape index (κ3) is 3.37. The van der Waals surface area contributed by atoms with Crippen molar-refractivity contribution < 1.29 is 19.1 Å². The summed E-state index contributed by atoms with van der Waals surface area (Å²) in [6, 6.07) is 19.0. The molecule has 0 fully saturated rings. The molecule has 1 aliphatic rings. The minimum atomic E-state index is -1.15. The summed E-state index contributed by atoms with van der Waals surface area (Å²) in [6.07, 6.45) is 0. The van der Waals surface area contributed by atoms with Crippen LogP contribution in [-0.2, 0) is 23.1 Å². The Morgan fingerprint density at radius 1 is 0.923 bits per heavy atom. The van der Waals surface area contributed by atoms with Gasteiger partial charge in [-0.3, -0.25) is 9.59 Å². The Bertz CT molecular complexity index is 810. The zero-order valence-corrected chi connectivity index (χ0v) is 15.9. The summed E-state index contributed by atoms with van der Waals surface area (Å²) in [4.78, 5) is 25.0. The molecule has 5 nitrogen and oxygen atoms in total. The first-order valence-electron chi connectivity index (χ1n) is 7.84. The molecule has 134 valence electrons. The van der Waals surface area contributed by atoms with E-state index in [9.17, 15) is 9.59 Å². The number of rotatable bonds is 5. The SMILES string of the molecule is COC(=O)C(C(=O)OC)C1(c2ccccc2)SN=C(c2ccccc2)S1. The van der Waals surface area contributed by atoms with Crippen molar-refractivity contribution in [3.05, 3.63) is 71.8 Å². The van der Waals surface area contributed by atoms with Crippen LogP contribution >= 0.6 is 23.7 Å². The normalized spacial score (nSPS) is 19.1. The molecule has 1 unspecified atom stereocenters. The molecule has 0 spiro atoms. The second-order valence-corrected chi connectivity index (χ2v) is 7.97. The summed E-state index contributed by atoms with van der Waals surface area (Å²) in [5.41, 5.74) is 1.72. The number of methoxy groups -OCH3 is 2. The summed E-state index contributed by atoms with van der Waals surface area (Å²) < 4.78 is 13.4. The van der Waals surface area contributed by atoms with E-state index in [1.807, 2.05) is 60.7 Å². The fourth-order valence-electron chi connectivity index (χ4n) is 2.69. The molecular weight excluding hydrogens is 370 g/mol. The summed E-state index contributed by atoms with van der Waals surface area (Å²) in [7, 11) is 2.53. The Morgan fingerprint density at radius 2 is 1.46 bits per heavy atom. The molecule has 0 amide bonds. The molecule has 1 atom stereocenters. The van der Waals surface area contributed by atoms with Gasteiger partial charge < -0.3 is 9.47 Å². The maximum atomic E-state index is 12.5. The minimum Gasteiger partial charge on any atom is -0.468 e. The molecule has 2 aromatic carbocycles. The van der Waals surface area contributed by atoms with Gasteiger partial charge in [-0.1, -0.05) is 72.4 Å². The number of hydrogen-bond donors (Lipinski definition) is 0. The van der Waals surface area contributed by atoms with E-state index in [1.54, 1.807) is 0 Å². The largest absolute Gasteiger partial charge is 0.468 e. The Morgan fingerprint density at radius 3 is 2.00 bits per heavy atom. The van der Waals surface area contributed by atoms with Crippen LogP contribution in [0.5, 0.6) is 0 Å². The lowest BCUT2D eigenvalue weighted by Crippen LogP contribution is -2.41. The quantitative estimate of drug-likeness (QED) is 0.443. The number of carbonyl (C=O) groups is 2. The lowest BCUT2D eigenvalue weighted by atomic mass is 9.97. The molecule has 7 heteroatoms. The van der Waals surface area contributed by atoms with Gasteiger partial charge in [0.25, 0.3) is 0 Å². The molecule has 0 N–H and O–H groups in total. The third-order valence-electron chi connectivity index (χ3n) is 3.96. The van der Waals surface area contributed by atoms with Crippen molar-refractivity contribution in [2.75, 3.05) is 14.2 Å². The Balaban J connectivity index is 2.08. The van der Waals surface area contributed by atoms with Gasteiger partial charge in [0.1, 0.15) is 9.12 Å². The number of nitrogens with zero attached hydrogens (tertiary/aromatic N) is 1. The molecule has 3 rings (SSSR count). The molecule has 1 aliphatic heterocycles. The van der Waals surface area contributed by atoms with Crippen LogP contribution < -0.4 is 0 Å². The fraction of sp³-hybridized carbons (Fsp3) is 0.211. The van der Waals surface area contributed by atoms with Crippen LogP contribution in [0.25, 0.3) is 0 Å². The first-order chi connectivity index (χ1) is 12.6. The number of hydrogen-bond acceptors (Lipinski definition) is 7. The molecule has 1 heterocycles. The molecule has 0 bridgehead atoms. The Kier molecular flexibility index (Phi) is 5.68. The average molecular weight is 387 g/mol. The predicted octanol–water partition coefficient (Wildman–Crippen LogP) is 3.64. The molecule has 0 saturated heterocycles. The maximum Gasteiger partial charge on any atom is 0.322 e. The van der Waals surface area contributed by atoms with Crippen LogP contribution in [-0.4, -0.2) is 31.2 Å². The van der Waals surface area contributed by atoms with Crippen molar-refractivity contribution in [3.63, 3.8) is 0 Å². The van der Waals surface area contributed by atoms with Crippen molar-refractivity contribution in [3.8, 4) is 0 Å². The van der Waals surface area contributed by atoms with Crippen LogP contribution in [0.15, 0.2) is 65.1 Å².